The molecule has 9 heteroatoms. The highest BCUT2D eigenvalue weighted by molar-refractivity contribution is 6.31. The van der Waals surface area contributed by atoms with Gasteiger partial charge in [-0.1, -0.05) is 41.9 Å². The van der Waals surface area contributed by atoms with Crippen molar-refractivity contribution in [3.05, 3.63) is 94.5 Å². The van der Waals surface area contributed by atoms with Gasteiger partial charge >= 0.3 is 0 Å². The van der Waals surface area contributed by atoms with Crippen LogP contribution < -0.4 is 9.47 Å². The SMILES string of the molecule is COCCN(CC(=O)N1N=C(c2cccc(OC)c2)C[C@H]1c1ccccc1Cl)C(=O)c1ccc(OC)cc1. The lowest BCUT2D eigenvalue weighted by molar-refractivity contribution is -0.133. The first-order chi connectivity index (χ1) is 18.4. The van der Waals surface area contributed by atoms with Crippen LogP contribution in [0.5, 0.6) is 11.5 Å². The molecule has 3 aromatic rings. The lowest BCUT2D eigenvalue weighted by Gasteiger charge is -2.27. The maximum absolute atomic E-state index is 13.7. The van der Waals surface area contributed by atoms with Crippen LogP contribution in [0.25, 0.3) is 0 Å². The molecule has 8 nitrogen and oxygen atoms in total. The number of nitrogens with zero attached hydrogens (tertiary/aromatic N) is 3. The van der Waals surface area contributed by atoms with Crippen molar-refractivity contribution >= 4 is 29.1 Å². The third kappa shape index (κ3) is 6.15. The van der Waals surface area contributed by atoms with E-state index in [2.05, 4.69) is 0 Å². The van der Waals surface area contributed by atoms with Crippen molar-refractivity contribution in [3.63, 3.8) is 0 Å². The zero-order valence-corrected chi connectivity index (χ0v) is 22.4. The van der Waals surface area contributed by atoms with Crippen molar-refractivity contribution in [1.82, 2.24) is 9.91 Å². The van der Waals surface area contributed by atoms with Gasteiger partial charge in [-0.25, -0.2) is 5.01 Å². The molecule has 1 atom stereocenters. The Kier molecular flexibility index (Phi) is 8.99. The molecule has 0 spiro atoms. The largest absolute Gasteiger partial charge is 0.497 e. The summed E-state index contributed by atoms with van der Waals surface area (Å²) >= 11 is 6.54. The van der Waals surface area contributed by atoms with E-state index in [1.54, 1.807) is 51.7 Å². The zero-order chi connectivity index (χ0) is 27.1. The molecule has 3 aromatic carbocycles. The van der Waals surface area contributed by atoms with Crippen LogP contribution in [0.15, 0.2) is 77.9 Å². The van der Waals surface area contributed by atoms with Crippen LogP contribution in [-0.2, 0) is 9.53 Å². The highest BCUT2D eigenvalue weighted by Gasteiger charge is 2.35. The van der Waals surface area contributed by atoms with Gasteiger partial charge in [0, 0.05) is 36.2 Å². The quantitative estimate of drug-likeness (QED) is 0.372. The fourth-order valence-corrected chi connectivity index (χ4v) is 4.57. The minimum Gasteiger partial charge on any atom is -0.497 e. The van der Waals surface area contributed by atoms with Gasteiger partial charge < -0.3 is 19.1 Å². The Hall–Kier alpha value is -3.88. The number of benzene rings is 3. The highest BCUT2D eigenvalue weighted by atomic mass is 35.5. The number of methoxy groups -OCH3 is 3. The topological polar surface area (TPSA) is 80.7 Å². The summed E-state index contributed by atoms with van der Waals surface area (Å²) in [6, 6.07) is 21.3. The molecule has 0 unspecified atom stereocenters. The molecule has 0 saturated heterocycles. The first kappa shape index (κ1) is 27.2. The molecule has 0 fully saturated rings. The van der Waals surface area contributed by atoms with E-state index in [1.165, 1.54) is 9.91 Å². The second-order valence-corrected chi connectivity index (χ2v) is 9.11. The molecule has 0 N–H and O–H groups in total. The van der Waals surface area contributed by atoms with Crippen LogP contribution >= 0.6 is 11.6 Å². The number of halogens is 1. The van der Waals surface area contributed by atoms with Gasteiger partial charge in [-0.3, -0.25) is 9.59 Å². The zero-order valence-electron chi connectivity index (χ0n) is 21.6. The summed E-state index contributed by atoms with van der Waals surface area (Å²) in [6.07, 6.45) is 0.465. The molecule has 38 heavy (non-hydrogen) atoms. The fourth-order valence-electron chi connectivity index (χ4n) is 4.31. The van der Waals surface area contributed by atoms with Crippen LogP contribution in [0, 0.1) is 0 Å². The first-order valence-electron chi connectivity index (χ1n) is 12.2. The molecule has 0 radical (unpaired) electrons. The summed E-state index contributed by atoms with van der Waals surface area (Å²) < 4.78 is 15.8. The minimum atomic E-state index is -0.419. The van der Waals surface area contributed by atoms with Gasteiger partial charge in [-0.05, 0) is 48.0 Å². The van der Waals surface area contributed by atoms with Crippen LogP contribution in [0.4, 0.5) is 0 Å². The van der Waals surface area contributed by atoms with Gasteiger partial charge in [-0.15, -0.1) is 0 Å². The Balaban J connectivity index is 1.64. The number of carbonyl (C=O) groups is 2. The van der Waals surface area contributed by atoms with Crippen molar-refractivity contribution < 1.29 is 23.8 Å². The van der Waals surface area contributed by atoms with E-state index in [1.807, 2.05) is 42.5 Å². The molecular weight excluding hydrogens is 506 g/mol. The molecule has 2 amide bonds. The summed E-state index contributed by atoms with van der Waals surface area (Å²) in [7, 11) is 4.72. The highest BCUT2D eigenvalue weighted by Crippen LogP contribution is 2.36. The Morgan fingerprint density at radius 1 is 0.974 bits per heavy atom. The molecular formula is C29H30ClN3O5. The third-order valence-corrected chi connectivity index (χ3v) is 6.69. The van der Waals surface area contributed by atoms with Crippen molar-refractivity contribution in [2.24, 2.45) is 5.10 Å². The molecule has 0 aliphatic carbocycles. The van der Waals surface area contributed by atoms with Crippen LogP contribution in [0.3, 0.4) is 0 Å². The van der Waals surface area contributed by atoms with E-state index >= 15 is 0 Å². The van der Waals surface area contributed by atoms with Gasteiger partial charge in [0.1, 0.15) is 18.0 Å². The standard InChI is InChI=1S/C29H30ClN3O5/c1-36-16-15-32(29(35)20-11-13-22(37-2)14-12-20)19-28(34)33-27(24-9-4-5-10-25(24)30)18-26(31-33)21-7-6-8-23(17-21)38-3/h4-14,17,27H,15-16,18-19H2,1-3H3/t27-/m0/s1. The molecule has 0 saturated carbocycles. The van der Waals surface area contributed by atoms with E-state index in [-0.39, 0.29) is 31.5 Å². The molecule has 198 valence electrons. The summed E-state index contributed by atoms with van der Waals surface area (Å²) in [6.45, 7) is 0.343. The fraction of sp³-hybridized carbons (Fsp3) is 0.276. The molecule has 1 aliphatic rings. The van der Waals surface area contributed by atoms with Crippen LogP contribution in [0.1, 0.15) is 33.9 Å². The molecule has 4 rings (SSSR count). The number of amides is 2. The monoisotopic (exact) mass is 535 g/mol. The second-order valence-electron chi connectivity index (χ2n) is 8.71. The van der Waals surface area contributed by atoms with Crippen molar-refractivity contribution in [2.45, 2.75) is 12.5 Å². The number of hydrogen-bond donors (Lipinski definition) is 0. The maximum Gasteiger partial charge on any atom is 0.262 e. The third-order valence-electron chi connectivity index (χ3n) is 6.35. The van der Waals surface area contributed by atoms with Crippen LogP contribution in [-0.4, -0.2) is 68.5 Å². The van der Waals surface area contributed by atoms with E-state index in [4.69, 9.17) is 30.9 Å². The van der Waals surface area contributed by atoms with Gasteiger partial charge in [0.15, 0.2) is 0 Å². The van der Waals surface area contributed by atoms with Gasteiger partial charge in [0.05, 0.1) is 32.6 Å². The normalized spacial score (nSPS) is 14.7. The predicted octanol–water partition coefficient (Wildman–Crippen LogP) is 4.82. The Morgan fingerprint density at radius 3 is 2.39 bits per heavy atom. The Labute approximate surface area is 227 Å². The number of hydrazone groups is 1. The van der Waals surface area contributed by atoms with E-state index < -0.39 is 6.04 Å². The smallest absolute Gasteiger partial charge is 0.262 e. The number of hydrogen-bond acceptors (Lipinski definition) is 6. The maximum atomic E-state index is 13.7. The van der Waals surface area contributed by atoms with Gasteiger partial charge in [-0.2, -0.15) is 5.10 Å². The van der Waals surface area contributed by atoms with Gasteiger partial charge in [0.2, 0.25) is 0 Å². The molecule has 1 aliphatic heterocycles. The lowest BCUT2D eigenvalue weighted by atomic mass is 9.98. The van der Waals surface area contributed by atoms with Crippen molar-refractivity contribution in [1.29, 1.82) is 0 Å². The van der Waals surface area contributed by atoms with Crippen molar-refractivity contribution in [2.75, 3.05) is 41.0 Å². The average molecular weight is 536 g/mol. The number of carbonyl (C=O) groups excluding carboxylic acids is 2. The predicted molar refractivity (Wildman–Crippen MR) is 146 cm³/mol. The summed E-state index contributed by atoms with van der Waals surface area (Å²) in [5.41, 5.74) is 2.81. The van der Waals surface area contributed by atoms with E-state index in [0.29, 0.717) is 28.5 Å². The molecule has 0 bridgehead atoms. The number of rotatable bonds is 10. The summed E-state index contributed by atoms with van der Waals surface area (Å²) in [5, 5.41) is 6.71. The minimum absolute atomic E-state index is 0.177. The van der Waals surface area contributed by atoms with Crippen LogP contribution in [0.2, 0.25) is 5.02 Å². The molecule has 1 heterocycles. The average Bonchev–Trinajstić information content (AvgIpc) is 3.40. The summed E-state index contributed by atoms with van der Waals surface area (Å²) in [4.78, 5) is 28.6. The first-order valence-corrected chi connectivity index (χ1v) is 12.5. The van der Waals surface area contributed by atoms with Gasteiger partial charge in [0.25, 0.3) is 11.8 Å². The second kappa shape index (κ2) is 12.6. The molecule has 0 aromatic heterocycles. The van der Waals surface area contributed by atoms with E-state index in [0.717, 1.165) is 16.8 Å². The van der Waals surface area contributed by atoms with Crippen molar-refractivity contribution in [3.8, 4) is 11.5 Å². The van der Waals surface area contributed by atoms with E-state index in [9.17, 15) is 9.59 Å². The Morgan fingerprint density at radius 2 is 1.71 bits per heavy atom. The summed E-state index contributed by atoms with van der Waals surface area (Å²) in [5.74, 6) is 0.717. The Bertz CT molecular complexity index is 1310. The lowest BCUT2D eigenvalue weighted by Crippen LogP contribution is -2.42. The number of ether oxygens (including phenoxy) is 3.